The molecule has 0 atom stereocenters. The lowest BCUT2D eigenvalue weighted by Crippen LogP contribution is -2.30. The van der Waals surface area contributed by atoms with Crippen LogP contribution in [0.1, 0.15) is 22.3 Å². The van der Waals surface area contributed by atoms with E-state index in [1.54, 1.807) is 36.4 Å². The molecule has 0 aliphatic carbocycles. The van der Waals surface area contributed by atoms with Gasteiger partial charge in [0, 0.05) is 30.1 Å². The summed E-state index contributed by atoms with van der Waals surface area (Å²) in [7, 11) is 0. The van der Waals surface area contributed by atoms with Gasteiger partial charge < -0.3 is 10.6 Å². The van der Waals surface area contributed by atoms with Gasteiger partial charge in [-0.2, -0.15) is 0 Å². The number of carbonyl (C=O) groups excluding carboxylic acids is 2. The minimum Gasteiger partial charge on any atom is -0.352 e. The van der Waals surface area contributed by atoms with Gasteiger partial charge in [-0.1, -0.05) is 41.9 Å². The van der Waals surface area contributed by atoms with E-state index in [4.69, 9.17) is 11.6 Å². The summed E-state index contributed by atoms with van der Waals surface area (Å²) in [6.07, 6.45) is 0.235. The lowest BCUT2D eigenvalue weighted by Gasteiger charge is -2.07. The summed E-state index contributed by atoms with van der Waals surface area (Å²) >= 11 is 5.88. The van der Waals surface area contributed by atoms with Crippen LogP contribution in [0.4, 0.5) is 0 Å². The first-order valence-corrected chi connectivity index (χ1v) is 7.37. The van der Waals surface area contributed by atoms with Gasteiger partial charge in [0.2, 0.25) is 5.91 Å². The van der Waals surface area contributed by atoms with Crippen LogP contribution in [0.5, 0.6) is 0 Å². The third kappa shape index (κ3) is 5.22. The van der Waals surface area contributed by atoms with Crippen molar-refractivity contribution >= 4 is 23.4 Å². The summed E-state index contributed by atoms with van der Waals surface area (Å²) in [5.74, 6) is -0.295. The van der Waals surface area contributed by atoms with Crippen molar-refractivity contribution in [1.29, 1.82) is 0 Å². The zero-order chi connectivity index (χ0) is 15.8. The van der Waals surface area contributed by atoms with Gasteiger partial charge in [-0.15, -0.1) is 0 Å². The minimum absolute atomic E-state index is 0.117. The Bertz CT molecular complexity index is 644. The van der Waals surface area contributed by atoms with Crippen molar-refractivity contribution in [2.75, 3.05) is 6.54 Å². The van der Waals surface area contributed by atoms with E-state index in [1.807, 2.05) is 18.2 Å². The molecule has 2 aromatic carbocycles. The first-order chi connectivity index (χ1) is 10.6. The van der Waals surface area contributed by atoms with Crippen LogP contribution in [0.2, 0.25) is 5.02 Å². The Morgan fingerprint density at radius 3 is 2.45 bits per heavy atom. The van der Waals surface area contributed by atoms with Crippen molar-refractivity contribution in [2.24, 2.45) is 0 Å². The van der Waals surface area contributed by atoms with E-state index in [2.05, 4.69) is 10.6 Å². The van der Waals surface area contributed by atoms with E-state index < -0.39 is 0 Å². The van der Waals surface area contributed by atoms with Crippen molar-refractivity contribution < 1.29 is 9.59 Å². The molecule has 0 heterocycles. The zero-order valence-electron chi connectivity index (χ0n) is 12.0. The second-order valence-electron chi connectivity index (χ2n) is 4.78. The molecule has 2 rings (SSSR count). The molecule has 0 spiro atoms. The van der Waals surface area contributed by atoms with E-state index in [0.717, 1.165) is 5.56 Å². The molecule has 0 saturated heterocycles. The molecule has 2 amide bonds. The van der Waals surface area contributed by atoms with Crippen LogP contribution in [-0.4, -0.2) is 18.4 Å². The summed E-state index contributed by atoms with van der Waals surface area (Å²) in [5.41, 5.74) is 1.52. The van der Waals surface area contributed by atoms with E-state index in [9.17, 15) is 9.59 Å². The molecule has 0 fully saturated rings. The molecule has 2 aromatic rings. The number of benzene rings is 2. The highest BCUT2D eigenvalue weighted by Gasteiger charge is 2.06. The summed E-state index contributed by atoms with van der Waals surface area (Å²) < 4.78 is 0. The van der Waals surface area contributed by atoms with Crippen molar-refractivity contribution in [1.82, 2.24) is 10.6 Å². The molecule has 0 saturated carbocycles. The van der Waals surface area contributed by atoms with Crippen molar-refractivity contribution in [2.45, 2.75) is 13.0 Å². The van der Waals surface area contributed by atoms with Crippen LogP contribution >= 0.6 is 11.6 Å². The average molecular weight is 317 g/mol. The Morgan fingerprint density at radius 2 is 1.73 bits per heavy atom. The quantitative estimate of drug-likeness (QED) is 0.861. The fraction of sp³-hybridized carbons (Fsp3) is 0.176. The van der Waals surface area contributed by atoms with Crippen LogP contribution in [0.25, 0.3) is 0 Å². The summed E-state index contributed by atoms with van der Waals surface area (Å²) in [6.45, 7) is 0.723. The van der Waals surface area contributed by atoms with Crippen molar-refractivity contribution in [3.8, 4) is 0 Å². The van der Waals surface area contributed by atoms with Gasteiger partial charge in [-0.3, -0.25) is 9.59 Å². The zero-order valence-corrected chi connectivity index (χ0v) is 12.8. The maximum Gasteiger partial charge on any atom is 0.251 e. The lowest BCUT2D eigenvalue weighted by atomic mass is 10.2. The molecule has 114 valence electrons. The summed E-state index contributed by atoms with van der Waals surface area (Å²) in [4.78, 5) is 23.5. The normalized spacial score (nSPS) is 10.0. The SMILES string of the molecule is O=C(CCNC(=O)c1ccccc1)NCc1cccc(Cl)c1. The lowest BCUT2D eigenvalue weighted by molar-refractivity contribution is -0.121. The van der Waals surface area contributed by atoms with Gasteiger partial charge >= 0.3 is 0 Å². The van der Waals surface area contributed by atoms with E-state index in [-0.39, 0.29) is 18.2 Å². The molecule has 0 bridgehead atoms. The molecule has 2 N–H and O–H groups in total. The molecular formula is C17H17ClN2O2. The number of halogens is 1. The van der Waals surface area contributed by atoms with Gasteiger partial charge in [0.15, 0.2) is 0 Å². The minimum atomic E-state index is -0.178. The summed E-state index contributed by atoms with van der Waals surface area (Å²) in [5, 5.41) is 6.15. The standard InChI is InChI=1S/C17H17ClN2O2/c18-15-8-4-5-13(11-15)12-20-16(21)9-10-19-17(22)14-6-2-1-3-7-14/h1-8,11H,9-10,12H2,(H,19,22)(H,20,21). The molecule has 22 heavy (non-hydrogen) atoms. The third-order valence-corrected chi connectivity index (χ3v) is 3.29. The molecule has 0 unspecified atom stereocenters. The Labute approximate surface area is 134 Å². The largest absolute Gasteiger partial charge is 0.352 e. The highest BCUT2D eigenvalue weighted by atomic mass is 35.5. The first-order valence-electron chi connectivity index (χ1n) is 6.99. The van der Waals surface area contributed by atoms with E-state index in [0.29, 0.717) is 23.7 Å². The van der Waals surface area contributed by atoms with Crippen LogP contribution in [0.15, 0.2) is 54.6 Å². The molecule has 0 aliphatic rings. The van der Waals surface area contributed by atoms with Gasteiger partial charge in [-0.05, 0) is 29.8 Å². The summed E-state index contributed by atoms with van der Waals surface area (Å²) in [6, 6.07) is 16.2. The monoisotopic (exact) mass is 316 g/mol. The van der Waals surface area contributed by atoms with Crippen molar-refractivity contribution in [3.63, 3.8) is 0 Å². The Kier molecular flexibility index (Phi) is 5.98. The van der Waals surface area contributed by atoms with Crippen molar-refractivity contribution in [3.05, 3.63) is 70.7 Å². The maximum atomic E-state index is 11.8. The van der Waals surface area contributed by atoms with Crippen LogP contribution < -0.4 is 10.6 Å². The van der Waals surface area contributed by atoms with Crippen LogP contribution in [0.3, 0.4) is 0 Å². The fourth-order valence-electron chi connectivity index (χ4n) is 1.92. The van der Waals surface area contributed by atoms with E-state index >= 15 is 0 Å². The number of nitrogens with one attached hydrogen (secondary N) is 2. The molecule has 0 aliphatic heterocycles. The number of hydrogen-bond donors (Lipinski definition) is 2. The predicted octanol–water partition coefficient (Wildman–Crippen LogP) is 2.78. The van der Waals surface area contributed by atoms with Crippen LogP contribution in [0, 0.1) is 0 Å². The Balaban J connectivity index is 1.69. The number of amides is 2. The molecule has 4 nitrogen and oxygen atoms in total. The molecular weight excluding hydrogens is 300 g/mol. The number of rotatable bonds is 6. The second-order valence-corrected chi connectivity index (χ2v) is 5.22. The topological polar surface area (TPSA) is 58.2 Å². The van der Waals surface area contributed by atoms with E-state index in [1.165, 1.54) is 0 Å². The molecule has 0 aromatic heterocycles. The van der Waals surface area contributed by atoms with Gasteiger partial charge in [0.05, 0.1) is 0 Å². The Hall–Kier alpha value is -2.33. The highest BCUT2D eigenvalue weighted by Crippen LogP contribution is 2.10. The average Bonchev–Trinajstić information content (AvgIpc) is 2.54. The molecule has 5 heteroatoms. The maximum absolute atomic E-state index is 11.8. The van der Waals surface area contributed by atoms with Gasteiger partial charge in [0.25, 0.3) is 5.91 Å². The second kappa shape index (κ2) is 8.20. The van der Waals surface area contributed by atoms with Gasteiger partial charge in [-0.25, -0.2) is 0 Å². The fourth-order valence-corrected chi connectivity index (χ4v) is 2.13. The van der Waals surface area contributed by atoms with Crippen LogP contribution in [-0.2, 0) is 11.3 Å². The Morgan fingerprint density at radius 1 is 0.955 bits per heavy atom. The predicted molar refractivity (Wildman–Crippen MR) is 86.7 cm³/mol. The highest BCUT2D eigenvalue weighted by molar-refractivity contribution is 6.30. The third-order valence-electron chi connectivity index (χ3n) is 3.05. The molecule has 0 radical (unpaired) electrons. The van der Waals surface area contributed by atoms with Gasteiger partial charge in [0.1, 0.15) is 0 Å². The number of hydrogen-bond acceptors (Lipinski definition) is 2. The smallest absolute Gasteiger partial charge is 0.251 e. The first kappa shape index (κ1) is 16.0. The number of carbonyl (C=O) groups is 2.